The number of aryl methyl sites for hydroxylation is 3. The molecule has 392 valence electrons. The second-order valence-corrected chi connectivity index (χ2v) is 20.1. The Morgan fingerprint density at radius 3 is 1.59 bits per heavy atom. The topological polar surface area (TPSA) is 297 Å². The van der Waals surface area contributed by atoms with Crippen LogP contribution in [-0.2, 0) is 17.6 Å². The van der Waals surface area contributed by atoms with E-state index in [0.717, 1.165) is 22.3 Å². The van der Waals surface area contributed by atoms with Gasteiger partial charge in [0.15, 0.2) is 0 Å². The number of hydrogen-bond donors (Lipinski definition) is 10. The second-order valence-electron chi connectivity index (χ2n) is 20.1. The number of methoxy groups -OCH3 is 2. The third-order valence-electron chi connectivity index (χ3n) is 14.8. The zero-order chi connectivity index (χ0) is 54.1. The summed E-state index contributed by atoms with van der Waals surface area (Å²) >= 11 is 0. The molecule has 0 amide bonds. The molecule has 19 heteroatoms. The van der Waals surface area contributed by atoms with Crippen LogP contribution in [0.5, 0.6) is 46.0 Å². The van der Waals surface area contributed by atoms with Crippen molar-refractivity contribution in [3.05, 3.63) is 125 Å². The molecule has 1 fully saturated rings. The van der Waals surface area contributed by atoms with Gasteiger partial charge < -0.3 is 60.6 Å². The highest BCUT2D eigenvalue weighted by atomic mass is 16.5. The lowest BCUT2D eigenvalue weighted by molar-refractivity contribution is -0.0271. The van der Waals surface area contributed by atoms with Crippen molar-refractivity contribution in [3.8, 4) is 79.4 Å². The number of fused-ring (bicyclic) bond motifs is 4. The number of azide groups is 1. The summed E-state index contributed by atoms with van der Waals surface area (Å²) in [6, 6.07) is 12.9. The van der Waals surface area contributed by atoms with Crippen LogP contribution in [0.25, 0.3) is 65.4 Å². The molecule has 7 aromatic rings. The molecular weight excluding hydrogens is 963 g/mol. The highest BCUT2D eigenvalue weighted by molar-refractivity contribution is 6.13. The van der Waals surface area contributed by atoms with Crippen LogP contribution >= 0.6 is 0 Å². The summed E-state index contributed by atoms with van der Waals surface area (Å²) in [5.74, 6) is 0.187. The van der Waals surface area contributed by atoms with E-state index in [0.29, 0.717) is 84.8 Å². The third-order valence-corrected chi connectivity index (χ3v) is 14.8. The van der Waals surface area contributed by atoms with Crippen LogP contribution in [0, 0.1) is 20.8 Å². The van der Waals surface area contributed by atoms with Gasteiger partial charge in [-0.25, -0.2) is 4.79 Å². The van der Waals surface area contributed by atoms with Crippen LogP contribution in [0.3, 0.4) is 0 Å². The fraction of sp³-hybridized carbons (Fsp3) is 0.357. The van der Waals surface area contributed by atoms with Crippen LogP contribution in [0.1, 0.15) is 91.4 Å². The standard InChI is InChI=1S/C46H48N2O8.C10H13N5O4/c1-19-9-25-27(41-31-13-21(3)47-23(5)39(31)33(49)17-35(41)51)15-29(45(53)43(25)37(11-19)55-7)30-16-28(26-10-20(2)12-38(56-8)44(26)46(30)54)42-32-14-22(4)48-24(6)40(32)34(50)18-36(42)52;1-5-3-15(10(18)12-9(5)17)8-2-6(13-14-11)7(4-16)19-8/h9-12,15-18,21-24,47-54H,13-14H2,1-8H3;3,6-8,16H,2,4H2,1H3,(H,12,17,18)/t21-,22-,23-,24-;6?,7-,8-/m11/s1. The zero-order valence-electron chi connectivity index (χ0n) is 43.0. The number of phenols is 6. The third kappa shape index (κ3) is 9.05. The maximum absolute atomic E-state index is 12.5. The minimum absolute atomic E-state index is 0.0136. The minimum Gasteiger partial charge on any atom is -0.507 e. The van der Waals surface area contributed by atoms with Crippen LogP contribution < -0.4 is 31.4 Å². The smallest absolute Gasteiger partial charge is 0.330 e. The van der Waals surface area contributed by atoms with E-state index in [2.05, 4.69) is 39.5 Å². The van der Waals surface area contributed by atoms with Crippen molar-refractivity contribution in [1.29, 1.82) is 0 Å². The number of phenolic OH excluding ortho intramolecular Hbond substituents is 6. The fourth-order valence-corrected chi connectivity index (χ4v) is 11.6. The lowest BCUT2D eigenvalue weighted by Crippen LogP contribution is -2.36. The summed E-state index contributed by atoms with van der Waals surface area (Å²) in [5, 5.41) is 92.4. The number of aliphatic hydroxyl groups is 1. The fourth-order valence-electron chi connectivity index (χ4n) is 11.6. The minimum atomic E-state index is -0.671. The Labute approximate surface area is 430 Å². The van der Waals surface area contributed by atoms with E-state index in [-0.39, 0.29) is 82.8 Å². The molecule has 3 aliphatic heterocycles. The van der Waals surface area contributed by atoms with Crippen molar-refractivity contribution in [2.45, 2.75) is 110 Å². The first-order chi connectivity index (χ1) is 35.7. The average molecular weight is 1020 g/mol. The lowest BCUT2D eigenvalue weighted by atomic mass is 9.80. The first-order valence-electron chi connectivity index (χ1n) is 24.7. The van der Waals surface area contributed by atoms with E-state index in [1.807, 2.05) is 52.0 Å². The van der Waals surface area contributed by atoms with Gasteiger partial charge in [-0.05, 0) is 135 Å². The van der Waals surface area contributed by atoms with Gasteiger partial charge in [0.05, 0.1) is 43.7 Å². The van der Waals surface area contributed by atoms with E-state index in [9.17, 15) is 40.2 Å². The summed E-state index contributed by atoms with van der Waals surface area (Å²) in [5.41, 5.74) is 15.0. The number of nitrogens with one attached hydrogen (secondary N) is 3. The number of aromatic amines is 1. The molecule has 3 aliphatic rings. The largest absolute Gasteiger partial charge is 0.507 e. The number of H-pyrrole nitrogens is 1. The van der Waals surface area contributed by atoms with Gasteiger partial charge in [-0.3, -0.25) is 14.3 Å². The van der Waals surface area contributed by atoms with Crippen molar-refractivity contribution in [1.82, 2.24) is 20.2 Å². The summed E-state index contributed by atoms with van der Waals surface area (Å²) in [6.07, 6.45) is 1.35. The van der Waals surface area contributed by atoms with E-state index in [1.54, 1.807) is 19.1 Å². The van der Waals surface area contributed by atoms with Gasteiger partial charge in [0.1, 0.15) is 52.2 Å². The molecule has 75 heavy (non-hydrogen) atoms. The van der Waals surface area contributed by atoms with E-state index >= 15 is 0 Å². The number of hydrogen-bond acceptors (Lipinski definition) is 15. The summed E-state index contributed by atoms with van der Waals surface area (Å²) in [7, 11) is 3.06. The molecule has 1 aromatic heterocycles. The van der Waals surface area contributed by atoms with Crippen LogP contribution in [0.2, 0.25) is 0 Å². The zero-order valence-corrected chi connectivity index (χ0v) is 43.0. The van der Waals surface area contributed by atoms with Crippen molar-refractivity contribution >= 4 is 21.5 Å². The number of rotatable bonds is 8. The number of benzene rings is 6. The first-order valence-corrected chi connectivity index (χ1v) is 24.7. The molecule has 10 N–H and O–H groups in total. The SMILES string of the molecule is COc1cc(C)cc2c(-c3c(O)cc(O)c4c3C[C@@H](C)N[C@@H]4C)cc(-c3cc(-c4c(O)cc(O)c5c4C[C@@H](C)N[C@@H]5C)c4cc(C)cc(OC)c4c3O)c(O)c12.Cc1cn([C@H]2CC(N=[N+]=[N-])[C@@H](CO)O2)c(=O)[nH]c1=O. The molecule has 0 bridgehead atoms. The van der Waals surface area contributed by atoms with Gasteiger partial charge in [0.2, 0.25) is 0 Å². The number of ether oxygens (including phenoxy) is 3. The molecule has 0 saturated carbocycles. The van der Waals surface area contributed by atoms with Gasteiger partial charge in [-0.1, -0.05) is 17.2 Å². The Balaban J connectivity index is 0.000000305. The Morgan fingerprint density at radius 2 is 1.16 bits per heavy atom. The summed E-state index contributed by atoms with van der Waals surface area (Å²) < 4.78 is 18.5. The molecule has 0 radical (unpaired) electrons. The number of aromatic hydroxyl groups is 6. The highest BCUT2D eigenvalue weighted by Crippen LogP contribution is 2.56. The Bertz CT molecular complexity index is 3460. The predicted molar refractivity (Wildman–Crippen MR) is 284 cm³/mol. The van der Waals surface area contributed by atoms with Gasteiger partial charge >= 0.3 is 5.69 Å². The Morgan fingerprint density at radius 1 is 0.693 bits per heavy atom. The number of aromatic nitrogens is 2. The lowest BCUT2D eigenvalue weighted by Gasteiger charge is -2.32. The van der Waals surface area contributed by atoms with E-state index in [4.69, 9.17) is 24.8 Å². The van der Waals surface area contributed by atoms with Crippen LogP contribution in [0.15, 0.2) is 69.4 Å². The number of aliphatic hydroxyl groups excluding tert-OH is 1. The molecule has 6 aromatic carbocycles. The molecular formula is C56H61N7O12. The molecule has 10 rings (SSSR count). The highest BCUT2D eigenvalue weighted by Gasteiger charge is 2.37. The van der Waals surface area contributed by atoms with Crippen LogP contribution in [-0.4, -0.2) is 90.4 Å². The van der Waals surface area contributed by atoms with Crippen molar-refractivity contribution in [2.75, 3.05) is 20.8 Å². The van der Waals surface area contributed by atoms with Gasteiger partial charge in [0, 0.05) is 92.8 Å². The molecule has 7 atom stereocenters. The van der Waals surface area contributed by atoms with E-state index < -0.39 is 29.6 Å². The first kappa shape index (κ1) is 52.0. The quantitative estimate of drug-likeness (QED) is 0.0386. The van der Waals surface area contributed by atoms with Gasteiger partial charge in [-0.15, -0.1) is 0 Å². The maximum atomic E-state index is 12.5. The average Bonchev–Trinajstić information content (AvgIpc) is 3.75. The van der Waals surface area contributed by atoms with Gasteiger partial charge in [0.25, 0.3) is 5.56 Å². The van der Waals surface area contributed by atoms with Crippen molar-refractivity contribution in [3.63, 3.8) is 0 Å². The number of nitrogens with zero attached hydrogens (tertiary/aromatic N) is 4. The second kappa shape index (κ2) is 20.1. The Kier molecular flexibility index (Phi) is 13.9. The monoisotopic (exact) mass is 1020 g/mol. The van der Waals surface area contributed by atoms with Crippen molar-refractivity contribution in [2.24, 2.45) is 5.11 Å². The van der Waals surface area contributed by atoms with E-state index in [1.165, 1.54) is 37.1 Å². The summed E-state index contributed by atoms with van der Waals surface area (Å²) in [4.78, 5) is 27.8. The molecule has 1 saturated heterocycles. The maximum Gasteiger partial charge on any atom is 0.330 e. The molecule has 1 unspecified atom stereocenters. The summed E-state index contributed by atoms with van der Waals surface area (Å²) in [6.45, 7) is 13.2. The normalized spacial score (nSPS) is 21.0. The predicted octanol–water partition coefficient (Wildman–Crippen LogP) is 8.86. The molecule has 4 heterocycles. The molecule has 19 nitrogen and oxygen atoms in total. The van der Waals surface area contributed by atoms with Gasteiger partial charge in [-0.2, -0.15) is 0 Å². The molecule has 0 spiro atoms. The van der Waals surface area contributed by atoms with Crippen molar-refractivity contribution < 1.29 is 50.0 Å². The van der Waals surface area contributed by atoms with Crippen LogP contribution in [0.4, 0.5) is 0 Å². The molecule has 0 aliphatic carbocycles. The Hall–Kier alpha value is -7.93.